The Balaban J connectivity index is 2.01. The van der Waals surface area contributed by atoms with Gasteiger partial charge in [-0.05, 0) is 38.5 Å². The maximum absolute atomic E-state index is 14.1. The van der Waals surface area contributed by atoms with Crippen LogP contribution in [0.5, 0.6) is 5.75 Å². The Hall–Kier alpha value is -1.62. The normalized spacial score (nSPS) is 19.2. The zero-order valence-corrected chi connectivity index (χ0v) is 13.1. The average Bonchev–Trinajstić information content (AvgIpc) is 2.70. The molecule has 0 aromatic heterocycles. The van der Waals surface area contributed by atoms with E-state index in [1.54, 1.807) is 18.0 Å². The summed E-state index contributed by atoms with van der Waals surface area (Å²) >= 11 is 0. The van der Waals surface area contributed by atoms with Crippen LogP contribution in [0, 0.1) is 5.82 Å². The molecule has 0 radical (unpaired) electrons. The molecule has 1 aliphatic heterocycles. The smallest absolute Gasteiger partial charge is 0.263 e. The molecular weight excluding hydrogens is 271 g/mol. The number of benzene rings is 1. The minimum Gasteiger partial charge on any atom is -0.477 e. The molecule has 21 heavy (non-hydrogen) atoms. The lowest BCUT2D eigenvalue weighted by Gasteiger charge is -2.21. The standard InChI is InChI=1S/C16H23FN2O2/c1-16(2,3)18-10-11-5-6-13(12(17)9-11)21-14-7-8-19(4)15(14)20/h5-6,9,14,18H,7-8,10H2,1-4H3. The largest absolute Gasteiger partial charge is 0.477 e. The molecule has 0 bridgehead atoms. The third-order valence-electron chi connectivity index (χ3n) is 3.47. The predicted octanol–water partition coefficient (Wildman–Crippen LogP) is 2.32. The minimum atomic E-state index is -0.567. The highest BCUT2D eigenvalue weighted by Gasteiger charge is 2.31. The van der Waals surface area contributed by atoms with Crippen LogP contribution < -0.4 is 10.1 Å². The molecule has 0 spiro atoms. The van der Waals surface area contributed by atoms with Crippen molar-refractivity contribution in [1.82, 2.24) is 10.2 Å². The average molecular weight is 294 g/mol. The molecule has 5 heteroatoms. The van der Waals surface area contributed by atoms with Gasteiger partial charge in [0.15, 0.2) is 17.7 Å². The van der Waals surface area contributed by atoms with E-state index in [1.165, 1.54) is 6.07 Å². The highest BCUT2D eigenvalue weighted by molar-refractivity contribution is 5.83. The van der Waals surface area contributed by atoms with E-state index >= 15 is 0 Å². The van der Waals surface area contributed by atoms with Crippen molar-refractivity contribution < 1.29 is 13.9 Å². The quantitative estimate of drug-likeness (QED) is 0.926. The molecule has 1 atom stereocenters. The Morgan fingerprint density at radius 3 is 2.67 bits per heavy atom. The molecule has 116 valence electrons. The van der Waals surface area contributed by atoms with Crippen LogP contribution in [-0.4, -0.2) is 36.0 Å². The second-order valence-electron chi connectivity index (χ2n) is 6.52. The number of rotatable bonds is 4. The first kappa shape index (κ1) is 15.8. The van der Waals surface area contributed by atoms with Crippen LogP contribution in [-0.2, 0) is 11.3 Å². The highest BCUT2D eigenvalue weighted by Crippen LogP contribution is 2.23. The van der Waals surface area contributed by atoms with E-state index < -0.39 is 11.9 Å². The van der Waals surface area contributed by atoms with Gasteiger partial charge < -0.3 is 15.0 Å². The van der Waals surface area contributed by atoms with Crippen LogP contribution in [0.4, 0.5) is 4.39 Å². The van der Waals surface area contributed by atoms with Crippen LogP contribution in [0.15, 0.2) is 18.2 Å². The zero-order chi connectivity index (χ0) is 15.6. The molecule has 1 aromatic carbocycles. The molecule has 1 saturated heterocycles. The molecule has 1 aliphatic rings. The van der Waals surface area contributed by atoms with E-state index in [1.807, 2.05) is 6.07 Å². The van der Waals surface area contributed by atoms with Crippen LogP contribution in [0.3, 0.4) is 0 Å². The lowest BCUT2D eigenvalue weighted by atomic mass is 10.1. The Bertz CT molecular complexity index is 525. The number of amides is 1. The summed E-state index contributed by atoms with van der Waals surface area (Å²) in [4.78, 5) is 13.4. The maximum atomic E-state index is 14.1. The van der Waals surface area contributed by atoms with Gasteiger partial charge in [-0.1, -0.05) is 6.07 Å². The summed E-state index contributed by atoms with van der Waals surface area (Å²) in [6.45, 7) is 7.42. The maximum Gasteiger partial charge on any atom is 0.263 e. The number of carbonyl (C=O) groups is 1. The Kier molecular flexibility index (Phi) is 4.52. The van der Waals surface area contributed by atoms with Gasteiger partial charge in [-0.3, -0.25) is 4.79 Å². The fraction of sp³-hybridized carbons (Fsp3) is 0.562. The Labute approximate surface area is 125 Å². The molecule has 2 rings (SSSR count). The molecule has 1 fully saturated rings. The number of halogens is 1. The first-order valence-electron chi connectivity index (χ1n) is 7.21. The lowest BCUT2D eigenvalue weighted by molar-refractivity contribution is -0.132. The van der Waals surface area contributed by atoms with E-state index in [2.05, 4.69) is 26.1 Å². The van der Waals surface area contributed by atoms with Gasteiger partial charge in [0.25, 0.3) is 5.91 Å². The van der Waals surface area contributed by atoms with Crippen LogP contribution in [0.2, 0.25) is 0 Å². The zero-order valence-electron chi connectivity index (χ0n) is 13.1. The number of carbonyl (C=O) groups excluding carboxylic acids is 1. The summed E-state index contributed by atoms with van der Waals surface area (Å²) < 4.78 is 19.6. The van der Waals surface area contributed by atoms with Crippen molar-refractivity contribution in [2.24, 2.45) is 0 Å². The highest BCUT2D eigenvalue weighted by atomic mass is 19.1. The van der Waals surface area contributed by atoms with Crippen molar-refractivity contribution >= 4 is 5.91 Å². The summed E-state index contributed by atoms with van der Waals surface area (Å²) in [5.41, 5.74) is 0.830. The number of hydrogen-bond donors (Lipinski definition) is 1. The van der Waals surface area contributed by atoms with Crippen LogP contribution in [0.25, 0.3) is 0 Å². The van der Waals surface area contributed by atoms with Gasteiger partial charge in [0.05, 0.1) is 0 Å². The molecule has 1 amide bonds. The summed E-state index contributed by atoms with van der Waals surface area (Å²) in [7, 11) is 1.73. The molecule has 1 unspecified atom stereocenters. The topological polar surface area (TPSA) is 41.6 Å². The van der Waals surface area contributed by atoms with Gasteiger partial charge >= 0.3 is 0 Å². The van der Waals surface area contributed by atoms with Crippen molar-refractivity contribution in [2.45, 2.75) is 45.4 Å². The SMILES string of the molecule is CN1CCC(Oc2ccc(CNC(C)(C)C)cc2F)C1=O. The Morgan fingerprint density at radius 2 is 2.14 bits per heavy atom. The molecule has 0 aliphatic carbocycles. The molecule has 0 saturated carbocycles. The third-order valence-corrected chi connectivity index (χ3v) is 3.47. The van der Waals surface area contributed by atoms with Crippen molar-refractivity contribution in [3.05, 3.63) is 29.6 Å². The molecule has 1 aromatic rings. The summed E-state index contributed by atoms with van der Waals surface area (Å²) in [5.74, 6) is -0.374. The first-order chi connectivity index (χ1) is 9.76. The van der Waals surface area contributed by atoms with Crippen LogP contribution in [0.1, 0.15) is 32.8 Å². The van der Waals surface area contributed by atoms with Gasteiger partial charge in [-0.25, -0.2) is 4.39 Å². The van der Waals surface area contributed by atoms with Crippen LogP contribution >= 0.6 is 0 Å². The number of likely N-dealkylation sites (tertiary alicyclic amines) is 1. The summed E-state index contributed by atoms with van der Waals surface area (Å²) in [6.07, 6.45) is 0.0327. The van der Waals surface area contributed by atoms with E-state index in [4.69, 9.17) is 4.74 Å². The lowest BCUT2D eigenvalue weighted by Crippen LogP contribution is -2.35. The monoisotopic (exact) mass is 294 g/mol. The minimum absolute atomic E-state index is 0.0213. The second-order valence-corrected chi connectivity index (χ2v) is 6.52. The Morgan fingerprint density at radius 1 is 1.43 bits per heavy atom. The third kappa shape index (κ3) is 4.17. The number of nitrogens with one attached hydrogen (secondary N) is 1. The van der Waals surface area contributed by atoms with Crippen molar-refractivity contribution in [2.75, 3.05) is 13.6 Å². The fourth-order valence-electron chi connectivity index (χ4n) is 2.17. The molecular formula is C16H23FN2O2. The van der Waals surface area contributed by atoms with Crippen molar-refractivity contribution in [3.8, 4) is 5.75 Å². The van der Waals surface area contributed by atoms with E-state index in [-0.39, 0.29) is 17.2 Å². The van der Waals surface area contributed by atoms with Crippen molar-refractivity contribution in [3.63, 3.8) is 0 Å². The number of hydrogen-bond acceptors (Lipinski definition) is 3. The second kappa shape index (κ2) is 6.02. The number of likely N-dealkylation sites (N-methyl/N-ethyl adjacent to an activating group) is 1. The van der Waals surface area contributed by atoms with E-state index in [0.717, 1.165) is 5.56 Å². The van der Waals surface area contributed by atoms with Gasteiger partial charge in [0, 0.05) is 32.1 Å². The van der Waals surface area contributed by atoms with Gasteiger partial charge in [-0.15, -0.1) is 0 Å². The van der Waals surface area contributed by atoms with E-state index in [0.29, 0.717) is 19.5 Å². The number of ether oxygens (including phenoxy) is 1. The van der Waals surface area contributed by atoms with Gasteiger partial charge in [0.1, 0.15) is 0 Å². The molecule has 4 nitrogen and oxygen atoms in total. The summed E-state index contributed by atoms with van der Waals surface area (Å²) in [6, 6.07) is 4.87. The first-order valence-corrected chi connectivity index (χ1v) is 7.21. The molecule has 1 N–H and O–H groups in total. The van der Waals surface area contributed by atoms with E-state index in [9.17, 15) is 9.18 Å². The fourth-order valence-corrected chi connectivity index (χ4v) is 2.17. The molecule has 1 heterocycles. The van der Waals surface area contributed by atoms with Gasteiger partial charge in [-0.2, -0.15) is 0 Å². The number of nitrogens with zero attached hydrogens (tertiary/aromatic N) is 1. The predicted molar refractivity (Wildman–Crippen MR) is 79.7 cm³/mol. The van der Waals surface area contributed by atoms with Crippen molar-refractivity contribution in [1.29, 1.82) is 0 Å². The van der Waals surface area contributed by atoms with Gasteiger partial charge in [0.2, 0.25) is 0 Å². The summed E-state index contributed by atoms with van der Waals surface area (Å²) in [5, 5.41) is 3.30.